The maximum Gasteiger partial charge on any atom is -0.0282 e. The summed E-state index contributed by atoms with van der Waals surface area (Å²) in [5, 5.41) is 1.77. The van der Waals surface area contributed by atoms with Gasteiger partial charge in [0.05, 0.1) is 0 Å². The van der Waals surface area contributed by atoms with Crippen molar-refractivity contribution < 1.29 is 0 Å². The van der Waals surface area contributed by atoms with Gasteiger partial charge in [0.1, 0.15) is 0 Å². The third kappa shape index (κ3) is 4.09. The van der Waals surface area contributed by atoms with Crippen LogP contribution in [0.3, 0.4) is 0 Å². The highest BCUT2D eigenvalue weighted by Crippen LogP contribution is 1.92. The van der Waals surface area contributed by atoms with Crippen LogP contribution in [0.2, 0.25) is 0 Å². The molecule has 0 rings (SSSR count). The quantitative estimate of drug-likeness (QED) is 0.481. The first-order valence-electron chi connectivity index (χ1n) is 2.08. The Morgan fingerprint density at radius 1 is 1.50 bits per heavy atom. The van der Waals surface area contributed by atoms with Gasteiger partial charge in [0, 0.05) is 0 Å². The van der Waals surface area contributed by atoms with Gasteiger partial charge in [-0.1, -0.05) is 19.9 Å². The maximum absolute atomic E-state index is 3.88. The molecule has 0 atom stereocenters. The zero-order valence-corrected chi connectivity index (χ0v) is 5.07. The van der Waals surface area contributed by atoms with Gasteiger partial charge in [-0.05, 0) is 11.3 Å². The SMILES string of the molecule is CC(C)C=CS. The van der Waals surface area contributed by atoms with Gasteiger partial charge in [-0.2, -0.15) is 12.6 Å². The summed E-state index contributed by atoms with van der Waals surface area (Å²) in [4.78, 5) is 0. The molecule has 0 radical (unpaired) electrons. The Balaban J connectivity index is 3.03. The molecule has 0 spiro atoms. The first kappa shape index (κ1) is 6.09. The zero-order chi connectivity index (χ0) is 4.99. The number of thiol groups is 1. The van der Waals surface area contributed by atoms with Crippen molar-refractivity contribution in [2.45, 2.75) is 13.8 Å². The standard InChI is InChI=1S/C5H10S/c1-5(2)3-4-6/h3-6H,1-2H3. The van der Waals surface area contributed by atoms with Gasteiger partial charge in [0.2, 0.25) is 0 Å². The fourth-order valence-electron chi connectivity index (χ4n) is 0.172. The molecule has 0 saturated carbocycles. The number of hydrogen-bond acceptors (Lipinski definition) is 1. The van der Waals surface area contributed by atoms with E-state index < -0.39 is 0 Å². The summed E-state index contributed by atoms with van der Waals surface area (Å²) in [7, 11) is 0. The van der Waals surface area contributed by atoms with Crippen LogP contribution in [0.4, 0.5) is 0 Å². The third-order valence-electron chi connectivity index (χ3n) is 0.471. The van der Waals surface area contributed by atoms with E-state index in [0.29, 0.717) is 5.92 Å². The Hall–Kier alpha value is 0.0900. The summed E-state index contributed by atoms with van der Waals surface area (Å²) < 4.78 is 0. The van der Waals surface area contributed by atoms with Crippen LogP contribution in [0.15, 0.2) is 11.5 Å². The topological polar surface area (TPSA) is 0 Å². The van der Waals surface area contributed by atoms with Crippen molar-refractivity contribution in [3.05, 3.63) is 11.5 Å². The van der Waals surface area contributed by atoms with Crippen LogP contribution in [0.25, 0.3) is 0 Å². The van der Waals surface area contributed by atoms with E-state index >= 15 is 0 Å². The molecule has 0 amide bonds. The summed E-state index contributed by atoms with van der Waals surface area (Å²) >= 11 is 3.88. The zero-order valence-electron chi connectivity index (χ0n) is 4.18. The minimum Gasteiger partial charge on any atom is -0.152 e. The molecule has 0 aliphatic rings. The van der Waals surface area contributed by atoms with E-state index in [9.17, 15) is 0 Å². The molecule has 6 heavy (non-hydrogen) atoms. The molecule has 0 fully saturated rings. The summed E-state index contributed by atoms with van der Waals surface area (Å²) in [5.74, 6) is 0.641. The predicted molar refractivity (Wildman–Crippen MR) is 33.0 cm³/mol. The fraction of sp³-hybridized carbons (Fsp3) is 0.600. The Bertz CT molecular complexity index is 45.9. The smallest absolute Gasteiger partial charge is 0.0282 e. The minimum absolute atomic E-state index is 0.641. The lowest BCUT2D eigenvalue weighted by atomic mass is 10.2. The lowest BCUT2D eigenvalue weighted by molar-refractivity contribution is 0.834. The monoisotopic (exact) mass is 102 g/mol. The molecule has 0 nitrogen and oxygen atoms in total. The molecule has 0 aromatic rings. The Labute approximate surface area is 44.7 Å². The first-order valence-corrected chi connectivity index (χ1v) is 2.60. The summed E-state index contributed by atoms with van der Waals surface area (Å²) in [5.41, 5.74) is 0. The van der Waals surface area contributed by atoms with Gasteiger partial charge in [-0.25, -0.2) is 0 Å². The molecule has 0 saturated heterocycles. The molecule has 0 aliphatic carbocycles. The Morgan fingerprint density at radius 3 is 2.00 bits per heavy atom. The molecular formula is C5H10S. The van der Waals surface area contributed by atoms with Crippen molar-refractivity contribution >= 4 is 12.6 Å². The molecule has 36 valence electrons. The average molecular weight is 102 g/mol. The van der Waals surface area contributed by atoms with Crippen LogP contribution in [-0.4, -0.2) is 0 Å². The second-order valence-corrected chi connectivity index (χ2v) is 1.88. The number of rotatable bonds is 1. The molecular weight excluding hydrogens is 92.1 g/mol. The normalized spacial score (nSPS) is 11.3. The molecule has 0 aromatic carbocycles. The van der Waals surface area contributed by atoms with Gasteiger partial charge >= 0.3 is 0 Å². The van der Waals surface area contributed by atoms with Crippen molar-refractivity contribution in [1.82, 2.24) is 0 Å². The average Bonchev–Trinajstić information content (AvgIpc) is 1.35. The first-order chi connectivity index (χ1) is 2.77. The molecule has 0 unspecified atom stereocenters. The lowest BCUT2D eigenvalue weighted by Crippen LogP contribution is -1.72. The number of allylic oxidation sites excluding steroid dienone is 1. The van der Waals surface area contributed by atoms with Crippen molar-refractivity contribution in [3.63, 3.8) is 0 Å². The highest BCUT2D eigenvalue weighted by atomic mass is 32.1. The van der Waals surface area contributed by atoms with Crippen molar-refractivity contribution in [2.24, 2.45) is 5.92 Å². The minimum atomic E-state index is 0.641. The lowest BCUT2D eigenvalue weighted by Gasteiger charge is -1.86. The predicted octanol–water partition coefficient (Wildman–Crippen LogP) is 2.09. The van der Waals surface area contributed by atoms with Crippen molar-refractivity contribution in [3.8, 4) is 0 Å². The maximum atomic E-state index is 3.88. The van der Waals surface area contributed by atoms with Crippen molar-refractivity contribution in [1.29, 1.82) is 0 Å². The van der Waals surface area contributed by atoms with E-state index in [1.54, 1.807) is 5.41 Å². The second kappa shape index (κ2) is 3.29. The van der Waals surface area contributed by atoms with Crippen LogP contribution in [0.5, 0.6) is 0 Å². The largest absolute Gasteiger partial charge is 0.152 e. The Morgan fingerprint density at radius 2 is 2.00 bits per heavy atom. The summed E-state index contributed by atoms with van der Waals surface area (Å²) in [6, 6.07) is 0. The number of hydrogen-bond donors (Lipinski definition) is 1. The van der Waals surface area contributed by atoms with Crippen LogP contribution in [-0.2, 0) is 0 Å². The van der Waals surface area contributed by atoms with Crippen LogP contribution in [0.1, 0.15) is 13.8 Å². The molecule has 0 aliphatic heterocycles. The van der Waals surface area contributed by atoms with E-state index in [1.165, 1.54) is 0 Å². The van der Waals surface area contributed by atoms with Gasteiger partial charge in [-0.15, -0.1) is 0 Å². The van der Waals surface area contributed by atoms with Crippen LogP contribution >= 0.6 is 12.6 Å². The molecule has 0 bridgehead atoms. The van der Waals surface area contributed by atoms with Gasteiger partial charge in [0.15, 0.2) is 0 Å². The van der Waals surface area contributed by atoms with Gasteiger partial charge in [0.25, 0.3) is 0 Å². The highest BCUT2D eigenvalue weighted by molar-refractivity contribution is 7.83. The van der Waals surface area contributed by atoms with E-state index in [1.807, 2.05) is 6.08 Å². The van der Waals surface area contributed by atoms with Crippen molar-refractivity contribution in [2.75, 3.05) is 0 Å². The Kier molecular flexibility index (Phi) is 3.34. The summed E-state index contributed by atoms with van der Waals surface area (Å²) in [6.45, 7) is 4.24. The second-order valence-electron chi connectivity index (χ2n) is 1.59. The molecule has 0 heterocycles. The summed E-state index contributed by atoms with van der Waals surface area (Å²) in [6.07, 6.45) is 2.03. The van der Waals surface area contributed by atoms with Crippen LogP contribution in [0, 0.1) is 5.92 Å². The molecule has 0 N–H and O–H groups in total. The molecule has 0 aromatic heterocycles. The van der Waals surface area contributed by atoms with E-state index in [0.717, 1.165) is 0 Å². The van der Waals surface area contributed by atoms with E-state index in [4.69, 9.17) is 0 Å². The van der Waals surface area contributed by atoms with Crippen LogP contribution < -0.4 is 0 Å². The van der Waals surface area contributed by atoms with Gasteiger partial charge in [-0.3, -0.25) is 0 Å². The van der Waals surface area contributed by atoms with E-state index in [-0.39, 0.29) is 0 Å². The molecule has 1 heteroatoms. The third-order valence-corrected chi connectivity index (χ3v) is 0.643. The highest BCUT2D eigenvalue weighted by Gasteiger charge is 1.76. The van der Waals surface area contributed by atoms with E-state index in [2.05, 4.69) is 26.5 Å². The van der Waals surface area contributed by atoms with Gasteiger partial charge < -0.3 is 0 Å². The fourth-order valence-corrected chi connectivity index (χ4v) is 0.516.